The van der Waals surface area contributed by atoms with Crippen LogP contribution in [0, 0.1) is 0 Å². The number of hydrogen-bond acceptors (Lipinski definition) is 1. The fourth-order valence-corrected chi connectivity index (χ4v) is 1.33. The molecule has 1 heterocycles. The molecule has 0 amide bonds. The third kappa shape index (κ3) is 1.23. The normalized spacial score (nSPS) is 26.8. The molecule has 2 nitrogen and oxygen atoms in total. The lowest BCUT2D eigenvalue weighted by Crippen LogP contribution is -2.28. The summed E-state index contributed by atoms with van der Waals surface area (Å²) in [5.74, 6) is 0. The van der Waals surface area contributed by atoms with Gasteiger partial charge >= 0.3 is 0 Å². The van der Waals surface area contributed by atoms with Crippen molar-refractivity contribution in [3.05, 3.63) is 0 Å². The number of nitrogens with zero attached hydrogens (tertiary/aromatic N) is 2. The molecule has 1 rings (SSSR count). The maximum atomic E-state index is 2.35. The van der Waals surface area contributed by atoms with Crippen LogP contribution in [0.4, 0.5) is 0 Å². The first-order valence-electron chi connectivity index (χ1n) is 3.55. The van der Waals surface area contributed by atoms with Crippen LogP contribution in [0.2, 0.25) is 0 Å². The smallest absolute Gasteiger partial charge is 0.234 e. The van der Waals surface area contributed by atoms with E-state index in [0.717, 1.165) is 6.54 Å². The van der Waals surface area contributed by atoms with Gasteiger partial charge in [0.15, 0.2) is 0 Å². The molecule has 52 valence electrons. The van der Waals surface area contributed by atoms with Crippen molar-refractivity contribution in [3.63, 3.8) is 0 Å². The Hall–Kier alpha value is -0.530. The van der Waals surface area contributed by atoms with Gasteiger partial charge < -0.3 is 0 Å². The van der Waals surface area contributed by atoms with Gasteiger partial charge in [-0.25, -0.2) is 0 Å². The van der Waals surface area contributed by atoms with E-state index in [2.05, 4.69) is 36.7 Å². The highest BCUT2D eigenvalue weighted by molar-refractivity contribution is 5.50. The van der Waals surface area contributed by atoms with Crippen LogP contribution in [0.1, 0.15) is 13.8 Å². The summed E-state index contributed by atoms with van der Waals surface area (Å²) in [6.07, 6.45) is 2.19. The largest absolute Gasteiger partial charge is 0.267 e. The molecule has 0 saturated heterocycles. The first kappa shape index (κ1) is 6.59. The van der Waals surface area contributed by atoms with Gasteiger partial charge in [0.25, 0.3) is 0 Å². The molecule has 2 heteroatoms. The van der Waals surface area contributed by atoms with E-state index in [1.807, 2.05) is 0 Å². The fraction of sp³-hybridized carbons (Fsp3) is 0.857. The molecule has 1 unspecified atom stereocenters. The second kappa shape index (κ2) is 2.38. The fourth-order valence-electron chi connectivity index (χ4n) is 1.33. The van der Waals surface area contributed by atoms with Crippen LogP contribution in [-0.2, 0) is 0 Å². The lowest BCUT2D eigenvalue weighted by atomic mass is 10.3. The highest BCUT2D eigenvalue weighted by atomic mass is 15.3. The molecule has 0 fully saturated rings. The van der Waals surface area contributed by atoms with Crippen molar-refractivity contribution >= 4 is 6.34 Å². The second-order valence-electron chi connectivity index (χ2n) is 2.73. The quantitative estimate of drug-likeness (QED) is 0.462. The van der Waals surface area contributed by atoms with Gasteiger partial charge in [-0.2, -0.15) is 0 Å². The average Bonchev–Trinajstić information content (AvgIpc) is 2.10. The van der Waals surface area contributed by atoms with Crippen molar-refractivity contribution in [2.45, 2.75) is 19.9 Å². The van der Waals surface area contributed by atoms with E-state index in [4.69, 9.17) is 0 Å². The van der Waals surface area contributed by atoms with E-state index in [0.29, 0.717) is 6.04 Å². The Kier molecular flexibility index (Phi) is 1.74. The zero-order valence-corrected chi connectivity index (χ0v) is 6.46. The topological polar surface area (TPSA) is 6.25 Å². The molecular formula is C7H15N2+. The summed E-state index contributed by atoms with van der Waals surface area (Å²) in [7, 11) is 2.12. The molecule has 0 aromatic rings. The first-order valence-corrected chi connectivity index (χ1v) is 3.55. The Balaban J connectivity index is 2.53. The maximum absolute atomic E-state index is 2.35. The maximum Gasteiger partial charge on any atom is 0.234 e. The lowest BCUT2D eigenvalue weighted by Gasteiger charge is -2.08. The average molecular weight is 127 g/mol. The molecular weight excluding hydrogens is 112 g/mol. The Morgan fingerprint density at radius 3 is 2.67 bits per heavy atom. The Bertz CT molecular complexity index is 129. The summed E-state index contributed by atoms with van der Waals surface area (Å²) in [6.45, 7) is 6.75. The predicted octanol–water partition coefficient (Wildman–Crippen LogP) is 0.381. The van der Waals surface area contributed by atoms with E-state index in [1.165, 1.54) is 6.54 Å². The lowest BCUT2D eigenvalue weighted by molar-refractivity contribution is -0.485. The molecule has 1 aliphatic heterocycles. The Morgan fingerprint density at radius 1 is 1.78 bits per heavy atom. The van der Waals surface area contributed by atoms with Crippen molar-refractivity contribution < 1.29 is 4.58 Å². The van der Waals surface area contributed by atoms with Gasteiger partial charge in [0.05, 0.1) is 13.6 Å². The molecule has 1 aliphatic rings. The highest BCUT2D eigenvalue weighted by Crippen LogP contribution is 2.00. The van der Waals surface area contributed by atoms with Gasteiger partial charge in [-0.1, -0.05) is 0 Å². The molecule has 0 radical (unpaired) electrons. The van der Waals surface area contributed by atoms with E-state index in [9.17, 15) is 0 Å². The summed E-state index contributed by atoms with van der Waals surface area (Å²) in [5.41, 5.74) is 0. The molecule has 0 saturated carbocycles. The third-order valence-electron chi connectivity index (χ3n) is 1.83. The molecule has 0 aromatic heterocycles. The van der Waals surface area contributed by atoms with Gasteiger partial charge in [0, 0.05) is 0 Å². The van der Waals surface area contributed by atoms with Crippen molar-refractivity contribution in [2.24, 2.45) is 0 Å². The van der Waals surface area contributed by atoms with Crippen LogP contribution < -0.4 is 0 Å². The summed E-state index contributed by atoms with van der Waals surface area (Å²) in [6, 6.07) is 0.708. The van der Waals surface area contributed by atoms with E-state index >= 15 is 0 Å². The van der Waals surface area contributed by atoms with Gasteiger partial charge in [-0.15, -0.1) is 0 Å². The molecule has 0 aliphatic carbocycles. The predicted molar refractivity (Wildman–Crippen MR) is 39.0 cm³/mol. The minimum absolute atomic E-state index is 0.708. The summed E-state index contributed by atoms with van der Waals surface area (Å²) < 4.78 is 2.23. The van der Waals surface area contributed by atoms with Crippen LogP contribution in [0.5, 0.6) is 0 Å². The van der Waals surface area contributed by atoms with Crippen molar-refractivity contribution in [2.75, 3.05) is 20.1 Å². The minimum atomic E-state index is 0.708. The van der Waals surface area contributed by atoms with Crippen molar-refractivity contribution in [1.82, 2.24) is 4.90 Å². The van der Waals surface area contributed by atoms with Crippen molar-refractivity contribution in [3.8, 4) is 0 Å². The molecule has 0 aromatic carbocycles. The van der Waals surface area contributed by atoms with Gasteiger partial charge in [-0.3, -0.25) is 9.48 Å². The standard InChI is InChI=1S/C7H15N2/c1-4-9-6-8(3)5-7(9)2/h6-7H,4-5H2,1-3H3/q+1. The second-order valence-corrected chi connectivity index (χ2v) is 2.73. The summed E-state index contributed by atoms with van der Waals surface area (Å²) in [5, 5.41) is 0. The molecule has 0 spiro atoms. The molecule has 0 N–H and O–H groups in total. The van der Waals surface area contributed by atoms with Crippen LogP contribution in [-0.4, -0.2) is 42.0 Å². The first-order chi connectivity index (χ1) is 4.24. The van der Waals surface area contributed by atoms with Crippen LogP contribution in [0.25, 0.3) is 0 Å². The van der Waals surface area contributed by atoms with Gasteiger partial charge in [-0.05, 0) is 13.8 Å². The van der Waals surface area contributed by atoms with Gasteiger partial charge in [0.2, 0.25) is 6.34 Å². The number of rotatable bonds is 1. The van der Waals surface area contributed by atoms with E-state index < -0.39 is 0 Å². The summed E-state index contributed by atoms with van der Waals surface area (Å²) in [4.78, 5) is 2.35. The highest BCUT2D eigenvalue weighted by Gasteiger charge is 2.23. The zero-order valence-electron chi connectivity index (χ0n) is 6.46. The molecule has 9 heavy (non-hydrogen) atoms. The van der Waals surface area contributed by atoms with E-state index in [-0.39, 0.29) is 0 Å². The SMILES string of the molecule is CCN1C=[N+](C)CC1C. The molecule has 0 bridgehead atoms. The summed E-state index contributed by atoms with van der Waals surface area (Å²) >= 11 is 0. The van der Waals surface area contributed by atoms with E-state index in [1.54, 1.807) is 0 Å². The number of likely N-dealkylation sites (N-methyl/N-ethyl adjacent to an activating group) is 2. The zero-order chi connectivity index (χ0) is 6.85. The Morgan fingerprint density at radius 2 is 2.44 bits per heavy atom. The molecule has 1 atom stereocenters. The van der Waals surface area contributed by atoms with Crippen molar-refractivity contribution in [1.29, 1.82) is 0 Å². The van der Waals surface area contributed by atoms with Crippen LogP contribution in [0.3, 0.4) is 0 Å². The number of hydrogen-bond donors (Lipinski definition) is 0. The van der Waals surface area contributed by atoms with Crippen LogP contribution >= 0.6 is 0 Å². The monoisotopic (exact) mass is 127 g/mol. The Labute approximate surface area is 56.8 Å². The van der Waals surface area contributed by atoms with Crippen LogP contribution in [0.15, 0.2) is 0 Å². The minimum Gasteiger partial charge on any atom is -0.267 e. The van der Waals surface area contributed by atoms with Gasteiger partial charge in [0.1, 0.15) is 12.6 Å². The third-order valence-corrected chi connectivity index (χ3v) is 1.83.